The van der Waals surface area contributed by atoms with Crippen LogP contribution in [0.5, 0.6) is 0 Å². The zero-order valence-corrected chi connectivity index (χ0v) is 14.4. The number of anilines is 1. The number of nitrogens with one attached hydrogen (secondary N) is 1. The molecule has 0 aromatic carbocycles. The van der Waals surface area contributed by atoms with Crippen LogP contribution in [-0.4, -0.2) is 49.5 Å². The third-order valence-electron chi connectivity index (χ3n) is 5.10. The number of hydrogen-bond donors (Lipinski definition) is 1. The number of aryl methyl sites for hydroxylation is 1. The van der Waals surface area contributed by atoms with Crippen molar-refractivity contribution in [2.75, 3.05) is 18.4 Å². The van der Waals surface area contributed by atoms with Crippen molar-refractivity contribution in [1.82, 2.24) is 24.5 Å². The summed E-state index contributed by atoms with van der Waals surface area (Å²) >= 11 is 1.22. The predicted molar refractivity (Wildman–Crippen MR) is 90.9 cm³/mol. The molecule has 2 fully saturated rings. The summed E-state index contributed by atoms with van der Waals surface area (Å²) in [5.74, 6) is 0.977. The molecule has 1 aliphatic heterocycles. The van der Waals surface area contributed by atoms with Crippen molar-refractivity contribution in [2.24, 2.45) is 5.41 Å². The van der Waals surface area contributed by atoms with E-state index in [1.807, 2.05) is 17.9 Å². The number of nitrogens with zero attached hydrogens (tertiary/aromatic N) is 5. The van der Waals surface area contributed by atoms with Crippen LogP contribution in [0.3, 0.4) is 0 Å². The van der Waals surface area contributed by atoms with Gasteiger partial charge in [0.25, 0.3) is 5.91 Å². The molecule has 7 nitrogen and oxygen atoms in total. The van der Waals surface area contributed by atoms with Crippen LogP contribution in [0, 0.1) is 5.41 Å². The first-order chi connectivity index (χ1) is 11.7. The largest absolute Gasteiger partial charge is 0.367 e. The first-order valence-electron chi connectivity index (χ1n) is 8.32. The van der Waals surface area contributed by atoms with Crippen LogP contribution in [0.2, 0.25) is 0 Å². The van der Waals surface area contributed by atoms with Crippen molar-refractivity contribution in [3.63, 3.8) is 0 Å². The molecule has 126 valence electrons. The molecule has 1 saturated heterocycles. The molecule has 1 saturated carbocycles. The van der Waals surface area contributed by atoms with Gasteiger partial charge >= 0.3 is 0 Å². The van der Waals surface area contributed by atoms with Crippen LogP contribution in [0.25, 0.3) is 0 Å². The lowest BCUT2D eigenvalue weighted by atomic mass is 9.65. The fraction of sp³-hybridized carbons (Fsp3) is 0.562. The molecular formula is C16H20N6OS. The number of amides is 1. The second-order valence-corrected chi connectivity index (χ2v) is 7.48. The van der Waals surface area contributed by atoms with Gasteiger partial charge in [0, 0.05) is 25.3 Å². The summed E-state index contributed by atoms with van der Waals surface area (Å²) in [6.07, 6.45) is 7.30. The number of hydrogen-bond acceptors (Lipinski definition) is 7. The Balaban J connectivity index is 1.35. The molecule has 2 aromatic heterocycles. The molecule has 2 aliphatic rings. The van der Waals surface area contributed by atoms with Crippen molar-refractivity contribution in [2.45, 2.75) is 38.6 Å². The Morgan fingerprint density at radius 1 is 1.50 bits per heavy atom. The van der Waals surface area contributed by atoms with Crippen LogP contribution in [-0.2, 0) is 6.42 Å². The topological polar surface area (TPSA) is 83.9 Å². The lowest BCUT2D eigenvalue weighted by Gasteiger charge is -2.45. The maximum absolute atomic E-state index is 12.7. The molecule has 1 amide bonds. The van der Waals surface area contributed by atoms with Crippen molar-refractivity contribution in [1.29, 1.82) is 0 Å². The van der Waals surface area contributed by atoms with E-state index >= 15 is 0 Å². The molecule has 1 N–H and O–H groups in total. The number of likely N-dealkylation sites (tertiary alicyclic amines) is 1. The maximum atomic E-state index is 12.7. The molecule has 8 heteroatoms. The second kappa shape index (κ2) is 6.08. The molecule has 2 aromatic rings. The normalized spacial score (nSPS) is 25.7. The van der Waals surface area contributed by atoms with Gasteiger partial charge in [-0.3, -0.25) is 4.79 Å². The van der Waals surface area contributed by atoms with E-state index in [0.29, 0.717) is 10.9 Å². The predicted octanol–water partition coefficient (Wildman–Crippen LogP) is 2.00. The minimum atomic E-state index is 0.103. The Bertz CT molecular complexity index is 727. The van der Waals surface area contributed by atoms with E-state index in [9.17, 15) is 4.79 Å². The number of carbonyl (C=O) groups excluding carboxylic acids is 1. The van der Waals surface area contributed by atoms with Crippen molar-refractivity contribution >= 4 is 23.3 Å². The Morgan fingerprint density at radius 3 is 3.12 bits per heavy atom. The fourth-order valence-electron chi connectivity index (χ4n) is 3.86. The Labute approximate surface area is 144 Å². The third kappa shape index (κ3) is 2.75. The van der Waals surface area contributed by atoms with Gasteiger partial charge in [0.15, 0.2) is 0 Å². The van der Waals surface area contributed by atoms with Crippen LogP contribution in [0.4, 0.5) is 5.82 Å². The average molecular weight is 344 g/mol. The van der Waals surface area contributed by atoms with E-state index < -0.39 is 0 Å². The molecule has 1 aliphatic carbocycles. The van der Waals surface area contributed by atoms with Gasteiger partial charge in [-0.1, -0.05) is 11.4 Å². The Kier molecular flexibility index (Phi) is 3.91. The van der Waals surface area contributed by atoms with Gasteiger partial charge in [0.1, 0.15) is 17.0 Å². The SMILES string of the molecule is CCc1nnsc1C(=O)N1CCC2(CC(Nc3ccncn3)C2)C1. The van der Waals surface area contributed by atoms with E-state index in [1.165, 1.54) is 11.5 Å². The highest BCUT2D eigenvalue weighted by atomic mass is 32.1. The average Bonchev–Trinajstić information content (AvgIpc) is 3.22. The van der Waals surface area contributed by atoms with Crippen molar-refractivity contribution < 1.29 is 4.79 Å². The third-order valence-corrected chi connectivity index (χ3v) is 5.86. The van der Waals surface area contributed by atoms with Crippen molar-refractivity contribution in [3.05, 3.63) is 29.2 Å². The summed E-state index contributed by atoms with van der Waals surface area (Å²) < 4.78 is 3.94. The number of rotatable bonds is 4. The van der Waals surface area contributed by atoms with E-state index in [0.717, 1.165) is 50.3 Å². The Hall–Kier alpha value is -2.09. The summed E-state index contributed by atoms with van der Waals surface area (Å²) in [4.78, 5) is 23.5. The molecule has 3 heterocycles. The van der Waals surface area contributed by atoms with Crippen LogP contribution < -0.4 is 5.32 Å². The quantitative estimate of drug-likeness (QED) is 0.913. The van der Waals surface area contributed by atoms with E-state index in [2.05, 4.69) is 24.9 Å². The summed E-state index contributed by atoms with van der Waals surface area (Å²) in [7, 11) is 0. The van der Waals surface area contributed by atoms with Gasteiger partial charge in [-0.2, -0.15) is 0 Å². The van der Waals surface area contributed by atoms with Gasteiger partial charge in [-0.05, 0) is 48.7 Å². The van der Waals surface area contributed by atoms with E-state index in [4.69, 9.17) is 0 Å². The van der Waals surface area contributed by atoms with E-state index in [1.54, 1.807) is 12.5 Å². The molecule has 4 rings (SSSR count). The van der Waals surface area contributed by atoms with Gasteiger partial charge in [0.05, 0.1) is 5.69 Å². The molecule has 24 heavy (non-hydrogen) atoms. The summed E-state index contributed by atoms with van der Waals surface area (Å²) in [6, 6.07) is 2.32. The minimum absolute atomic E-state index is 0.103. The standard InChI is InChI=1S/C16H20N6OS/c1-2-12-14(24-21-20-12)15(23)22-6-4-16(9-22)7-11(8-16)19-13-3-5-17-10-18-13/h3,5,10-11H,2,4,6-9H2,1H3,(H,17,18,19). The highest BCUT2D eigenvalue weighted by molar-refractivity contribution is 7.08. The van der Waals surface area contributed by atoms with Gasteiger partial charge in [-0.15, -0.1) is 5.10 Å². The second-order valence-electron chi connectivity index (χ2n) is 6.72. The lowest BCUT2D eigenvalue weighted by molar-refractivity contribution is 0.0719. The fourth-order valence-corrected chi connectivity index (χ4v) is 4.58. The molecule has 0 bridgehead atoms. The van der Waals surface area contributed by atoms with Crippen molar-refractivity contribution in [3.8, 4) is 0 Å². The van der Waals surface area contributed by atoms with Crippen LogP contribution in [0.15, 0.2) is 18.6 Å². The van der Waals surface area contributed by atoms with Gasteiger partial charge in [-0.25, -0.2) is 9.97 Å². The molecular weight excluding hydrogens is 324 g/mol. The lowest BCUT2D eigenvalue weighted by Crippen LogP contribution is -2.47. The van der Waals surface area contributed by atoms with Gasteiger partial charge < -0.3 is 10.2 Å². The molecule has 0 radical (unpaired) electrons. The zero-order chi connectivity index (χ0) is 16.6. The maximum Gasteiger partial charge on any atom is 0.267 e. The van der Waals surface area contributed by atoms with Crippen LogP contribution in [0.1, 0.15) is 41.6 Å². The van der Waals surface area contributed by atoms with Crippen LogP contribution >= 0.6 is 11.5 Å². The minimum Gasteiger partial charge on any atom is -0.367 e. The molecule has 0 atom stereocenters. The Morgan fingerprint density at radius 2 is 2.38 bits per heavy atom. The van der Waals surface area contributed by atoms with E-state index in [-0.39, 0.29) is 11.3 Å². The summed E-state index contributed by atoms with van der Waals surface area (Å²) in [5, 5.41) is 7.50. The molecule has 1 spiro atoms. The number of carbonyl (C=O) groups is 1. The smallest absolute Gasteiger partial charge is 0.267 e. The summed E-state index contributed by atoms with van der Waals surface area (Å²) in [5.41, 5.74) is 1.09. The molecule has 0 unspecified atom stereocenters. The zero-order valence-electron chi connectivity index (χ0n) is 13.6. The first kappa shape index (κ1) is 15.4. The first-order valence-corrected chi connectivity index (χ1v) is 9.09. The number of aromatic nitrogens is 4. The summed E-state index contributed by atoms with van der Waals surface area (Å²) in [6.45, 7) is 3.68. The highest BCUT2D eigenvalue weighted by Crippen LogP contribution is 2.49. The monoisotopic (exact) mass is 344 g/mol. The highest BCUT2D eigenvalue weighted by Gasteiger charge is 2.49. The van der Waals surface area contributed by atoms with Gasteiger partial charge in [0.2, 0.25) is 0 Å².